The Balaban J connectivity index is 5.73. The summed E-state index contributed by atoms with van der Waals surface area (Å²) < 4.78 is 11.9. The molecule has 0 unspecified atom stereocenters. The first-order valence-corrected chi connectivity index (χ1v) is 8.38. The van der Waals surface area contributed by atoms with Gasteiger partial charge in [0, 0.05) is 6.42 Å². The fraction of sp³-hybridized carbons (Fsp3) is 0.846. The van der Waals surface area contributed by atoms with Crippen LogP contribution >= 0.6 is 7.60 Å². The third-order valence-corrected chi connectivity index (χ3v) is 5.77. The molecule has 0 rings (SSSR count). The Labute approximate surface area is 110 Å². The van der Waals surface area contributed by atoms with Gasteiger partial charge in [-0.3, -0.25) is 4.57 Å². The van der Waals surface area contributed by atoms with Crippen molar-refractivity contribution in [1.82, 2.24) is 0 Å². The van der Waals surface area contributed by atoms with E-state index in [1.165, 1.54) is 0 Å². The van der Waals surface area contributed by atoms with Gasteiger partial charge in [-0.25, -0.2) is 0 Å². The van der Waals surface area contributed by atoms with E-state index in [2.05, 4.69) is 0 Å². The Morgan fingerprint density at radius 3 is 1.89 bits per heavy atom. The van der Waals surface area contributed by atoms with Crippen LogP contribution in [0.15, 0.2) is 11.3 Å². The summed E-state index contributed by atoms with van der Waals surface area (Å²) in [5.41, 5.74) is 0.560. The van der Waals surface area contributed by atoms with Crippen molar-refractivity contribution in [2.24, 2.45) is 0 Å². The van der Waals surface area contributed by atoms with Crippen LogP contribution in [-0.2, 0) is 4.57 Å². The van der Waals surface area contributed by atoms with Crippen molar-refractivity contribution in [1.29, 1.82) is 0 Å². The van der Waals surface area contributed by atoms with Crippen LogP contribution in [0.25, 0.3) is 0 Å². The average Bonchev–Trinajstić information content (AvgIpc) is 2.32. The van der Waals surface area contributed by atoms with Crippen molar-refractivity contribution in [2.45, 2.75) is 71.4 Å². The largest absolute Gasteiger partial charge is 0.512 e. The molecule has 18 heavy (non-hydrogen) atoms. The molecule has 0 saturated heterocycles. The monoisotopic (exact) mass is 278 g/mol. The number of hydrogen-bond acceptors (Lipinski definition) is 2. The lowest BCUT2D eigenvalue weighted by molar-refractivity contribution is 0.312. The van der Waals surface area contributed by atoms with Gasteiger partial charge < -0.3 is 14.9 Å². The van der Waals surface area contributed by atoms with E-state index < -0.39 is 12.8 Å². The second-order valence-corrected chi connectivity index (χ2v) is 6.61. The van der Waals surface area contributed by atoms with Gasteiger partial charge in [0.1, 0.15) is 0 Å². The summed E-state index contributed by atoms with van der Waals surface area (Å²) in [7, 11) is -4.29. The van der Waals surface area contributed by atoms with Gasteiger partial charge in [0.15, 0.2) is 0 Å². The average molecular weight is 278 g/mol. The van der Waals surface area contributed by atoms with Gasteiger partial charge in [0.2, 0.25) is 0 Å². The molecule has 0 amide bonds. The van der Waals surface area contributed by atoms with Gasteiger partial charge in [0.05, 0.1) is 10.9 Å². The van der Waals surface area contributed by atoms with Crippen molar-refractivity contribution in [2.75, 3.05) is 0 Å². The second-order valence-electron chi connectivity index (χ2n) is 4.67. The van der Waals surface area contributed by atoms with Crippen LogP contribution in [-0.4, -0.2) is 20.0 Å². The first-order chi connectivity index (χ1) is 8.30. The van der Waals surface area contributed by atoms with Crippen LogP contribution in [0.1, 0.15) is 66.2 Å². The van der Waals surface area contributed by atoms with Gasteiger partial charge in [-0.1, -0.05) is 34.1 Å². The highest BCUT2D eigenvalue weighted by Gasteiger charge is 2.47. The number of hydrogen-bond donors (Lipinski definition) is 3. The summed E-state index contributed by atoms with van der Waals surface area (Å²) in [6, 6.07) is 0. The van der Waals surface area contributed by atoms with Gasteiger partial charge in [-0.05, 0) is 31.3 Å². The van der Waals surface area contributed by atoms with Gasteiger partial charge >= 0.3 is 7.60 Å². The van der Waals surface area contributed by atoms with Crippen LogP contribution in [0.2, 0.25) is 0 Å². The highest BCUT2D eigenvalue weighted by molar-refractivity contribution is 7.53. The van der Waals surface area contributed by atoms with Crippen LogP contribution in [0, 0.1) is 0 Å². The van der Waals surface area contributed by atoms with Crippen molar-refractivity contribution < 1.29 is 19.5 Å². The summed E-state index contributed by atoms with van der Waals surface area (Å²) in [4.78, 5) is 19.4. The van der Waals surface area contributed by atoms with E-state index in [4.69, 9.17) is 0 Å². The number of unbranched alkanes of at least 4 members (excludes halogenated alkanes) is 1. The standard InChI is InChI=1S/C13H27O4P/c1-5-9-10-11(12(14)6-2)13(7-3,8-4)18(15,16)17/h14H,5-10H2,1-4H3,(H2,15,16,17). The lowest BCUT2D eigenvalue weighted by Crippen LogP contribution is -2.31. The van der Waals surface area contributed by atoms with E-state index in [1.54, 1.807) is 20.8 Å². The number of rotatable bonds is 8. The van der Waals surface area contributed by atoms with Crippen molar-refractivity contribution in [3.8, 4) is 0 Å². The highest BCUT2D eigenvalue weighted by Crippen LogP contribution is 2.59. The molecule has 0 atom stereocenters. The molecular formula is C13H27O4P. The smallest absolute Gasteiger partial charge is 0.335 e. The van der Waals surface area contributed by atoms with Crippen molar-refractivity contribution >= 4 is 7.60 Å². The molecule has 0 saturated carbocycles. The maximum absolute atomic E-state index is 11.9. The lowest BCUT2D eigenvalue weighted by Gasteiger charge is -2.35. The number of aliphatic hydroxyl groups excluding tert-OH is 1. The molecule has 0 aromatic carbocycles. The Kier molecular flexibility index (Phi) is 7.19. The Morgan fingerprint density at radius 2 is 1.61 bits per heavy atom. The predicted molar refractivity (Wildman–Crippen MR) is 74.8 cm³/mol. The second kappa shape index (κ2) is 7.32. The lowest BCUT2D eigenvalue weighted by atomic mass is 9.87. The van der Waals surface area contributed by atoms with Gasteiger partial charge in [-0.2, -0.15) is 0 Å². The third kappa shape index (κ3) is 3.59. The predicted octanol–water partition coefficient (Wildman–Crippen LogP) is 4.14. The van der Waals surface area contributed by atoms with Gasteiger partial charge in [0.25, 0.3) is 0 Å². The third-order valence-electron chi connectivity index (χ3n) is 3.75. The summed E-state index contributed by atoms with van der Waals surface area (Å²) in [5.74, 6) is 0.149. The minimum atomic E-state index is -4.29. The molecule has 0 aliphatic heterocycles. The number of allylic oxidation sites excluding steroid dienone is 2. The maximum atomic E-state index is 11.9. The first kappa shape index (κ1) is 17.7. The molecule has 3 N–H and O–H groups in total. The molecule has 108 valence electrons. The minimum Gasteiger partial charge on any atom is -0.512 e. The molecule has 0 heterocycles. The zero-order valence-electron chi connectivity index (χ0n) is 11.9. The van der Waals surface area contributed by atoms with Crippen LogP contribution in [0.3, 0.4) is 0 Å². The molecule has 4 nitrogen and oxygen atoms in total. The molecule has 0 bridgehead atoms. The van der Waals surface area contributed by atoms with Crippen molar-refractivity contribution in [3.05, 3.63) is 11.3 Å². The fourth-order valence-electron chi connectivity index (χ4n) is 2.48. The Hall–Kier alpha value is -0.310. The molecule has 0 aromatic heterocycles. The van der Waals surface area contributed by atoms with E-state index in [9.17, 15) is 19.5 Å². The zero-order valence-corrected chi connectivity index (χ0v) is 12.8. The molecule has 0 spiro atoms. The zero-order chi connectivity index (χ0) is 14.4. The Morgan fingerprint density at radius 1 is 1.11 bits per heavy atom. The molecule has 0 aliphatic carbocycles. The van der Waals surface area contributed by atoms with E-state index in [0.29, 0.717) is 31.3 Å². The molecule has 0 fully saturated rings. The summed E-state index contributed by atoms with van der Waals surface area (Å²) in [6.07, 6.45) is 3.43. The molecular weight excluding hydrogens is 251 g/mol. The van der Waals surface area contributed by atoms with Crippen molar-refractivity contribution in [3.63, 3.8) is 0 Å². The molecule has 0 aromatic rings. The maximum Gasteiger partial charge on any atom is 0.335 e. The normalized spacial score (nSPS) is 14.6. The van der Waals surface area contributed by atoms with E-state index in [1.807, 2.05) is 6.92 Å². The van der Waals surface area contributed by atoms with Crippen LogP contribution in [0.4, 0.5) is 0 Å². The fourth-order valence-corrected chi connectivity index (χ4v) is 3.89. The van der Waals surface area contributed by atoms with Gasteiger partial charge in [-0.15, -0.1) is 0 Å². The Bertz CT molecular complexity index is 326. The number of aliphatic hydroxyl groups is 1. The summed E-state index contributed by atoms with van der Waals surface area (Å²) in [5, 5.41) is 8.85. The first-order valence-electron chi connectivity index (χ1n) is 6.77. The van der Waals surface area contributed by atoms with E-state index >= 15 is 0 Å². The van der Waals surface area contributed by atoms with E-state index in [-0.39, 0.29) is 5.76 Å². The molecule has 5 heteroatoms. The summed E-state index contributed by atoms with van der Waals surface area (Å²) >= 11 is 0. The summed E-state index contributed by atoms with van der Waals surface area (Å²) in [6.45, 7) is 7.38. The topological polar surface area (TPSA) is 77.8 Å². The minimum absolute atomic E-state index is 0.149. The highest BCUT2D eigenvalue weighted by atomic mass is 31.2. The SMILES string of the molecule is CCCCC(=C(O)CC)C(CC)(CC)P(=O)(O)O. The quantitative estimate of drug-likeness (QED) is 0.460. The van der Waals surface area contributed by atoms with Crippen LogP contribution in [0.5, 0.6) is 0 Å². The molecule has 0 aliphatic rings. The van der Waals surface area contributed by atoms with Crippen LogP contribution < -0.4 is 0 Å². The molecule has 0 radical (unpaired) electrons. The van der Waals surface area contributed by atoms with E-state index in [0.717, 1.165) is 12.8 Å².